The standard InChI is InChI=1S/C11H15FN2/c1-4-10(13)9-6-8(12)5-7(2)11(9)14-3/h5-6,13-14H,4H2,1-3H3. The SMILES string of the molecule is CCC(=N)c1cc(F)cc(C)c1NC. The van der Waals surface area contributed by atoms with Crippen LogP contribution in [0.3, 0.4) is 0 Å². The first-order chi connectivity index (χ1) is 6.60. The van der Waals surface area contributed by atoms with E-state index in [4.69, 9.17) is 5.41 Å². The molecular formula is C11H15FN2. The molecule has 0 saturated carbocycles. The Morgan fingerprint density at radius 1 is 1.50 bits per heavy atom. The summed E-state index contributed by atoms with van der Waals surface area (Å²) in [6.45, 7) is 3.73. The summed E-state index contributed by atoms with van der Waals surface area (Å²) >= 11 is 0. The third-order valence-electron chi connectivity index (χ3n) is 2.23. The minimum absolute atomic E-state index is 0.283. The van der Waals surface area contributed by atoms with Crippen LogP contribution >= 0.6 is 0 Å². The van der Waals surface area contributed by atoms with Crippen LogP contribution in [0.4, 0.5) is 10.1 Å². The molecule has 0 fully saturated rings. The molecule has 0 aliphatic heterocycles. The van der Waals surface area contributed by atoms with Gasteiger partial charge in [-0.25, -0.2) is 4.39 Å². The third-order valence-corrected chi connectivity index (χ3v) is 2.23. The molecule has 0 aliphatic rings. The zero-order chi connectivity index (χ0) is 10.7. The predicted octanol–water partition coefficient (Wildman–Crippen LogP) is 2.95. The fourth-order valence-electron chi connectivity index (χ4n) is 1.50. The first-order valence-electron chi connectivity index (χ1n) is 4.65. The summed E-state index contributed by atoms with van der Waals surface area (Å²) in [7, 11) is 1.78. The van der Waals surface area contributed by atoms with Gasteiger partial charge in [0.2, 0.25) is 0 Å². The zero-order valence-corrected chi connectivity index (χ0v) is 8.74. The maximum atomic E-state index is 13.1. The molecule has 0 atom stereocenters. The van der Waals surface area contributed by atoms with Crippen molar-refractivity contribution < 1.29 is 4.39 Å². The van der Waals surface area contributed by atoms with Crippen LogP contribution < -0.4 is 5.32 Å². The molecule has 1 aromatic carbocycles. The van der Waals surface area contributed by atoms with Crippen molar-refractivity contribution in [2.45, 2.75) is 20.3 Å². The average Bonchev–Trinajstić information content (AvgIpc) is 2.15. The van der Waals surface area contributed by atoms with E-state index in [1.54, 1.807) is 7.05 Å². The molecule has 0 saturated heterocycles. The number of aryl methyl sites for hydroxylation is 1. The van der Waals surface area contributed by atoms with Crippen molar-refractivity contribution >= 4 is 11.4 Å². The summed E-state index contributed by atoms with van der Waals surface area (Å²) in [6.07, 6.45) is 0.609. The van der Waals surface area contributed by atoms with E-state index in [-0.39, 0.29) is 5.82 Å². The molecule has 2 nitrogen and oxygen atoms in total. The van der Waals surface area contributed by atoms with Crippen LogP contribution in [0.15, 0.2) is 12.1 Å². The monoisotopic (exact) mass is 194 g/mol. The van der Waals surface area contributed by atoms with Crippen molar-refractivity contribution in [2.75, 3.05) is 12.4 Å². The van der Waals surface area contributed by atoms with Gasteiger partial charge < -0.3 is 10.7 Å². The van der Waals surface area contributed by atoms with Crippen LogP contribution in [-0.4, -0.2) is 12.8 Å². The molecule has 0 radical (unpaired) electrons. The van der Waals surface area contributed by atoms with E-state index in [0.717, 1.165) is 11.3 Å². The number of hydrogen-bond acceptors (Lipinski definition) is 2. The van der Waals surface area contributed by atoms with Gasteiger partial charge in [-0.15, -0.1) is 0 Å². The van der Waals surface area contributed by atoms with Crippen LogP contribution in [0.1, 0.15) is 24.5 Å². The highest BCUT2D eigenvalue weighted by molar-refractivity contribution is 6.03. The lowest BCUT2D eigenvalue weighted by Gasteiger charge is -2.12. The molecule has 1 aromatic rings. The molecule has 0 spiro atoms. The zero-order valence-electron chi connectivity index (χ0n) is 8.74. The molecule has 3 heteroatoms. The quantitative estimate of drug-likeness (QED) is 0.713. The fourth-order valence-corrected chi connectivity index (χ4v) is 1.50. The van der Waals surface area contributed by atoms with Gasteiger partial charge in [-0.1, -0.05) is 6.92 Å². The largest absolute Gasteiger partial charge is 0.387 e. The smallest absolute Gasteiger partial charge is 0.124 e. The minimum Gasteiger partial charge on any atom is -0.387 e. The molecule has 0 aromatic heterocycles. The van der Waals surface area contributed by atoms with Crippen molar-refractivity contribution in [2.24, 2.45) is 0 Å². The molecule has 0 amide bonds. The summed E-state index contributed by atoms with van der Waals surface area (Å²) in [5.74, 6) is -0.283. The lowest BCUT2D eigenvalue weighted by Crippen LogP contribution is -2.05. The Morgan fingerprint density at radius 2 is 2.14 bits per heavy atom. The van der Waals surface area contributed by atoms with Crippen molar-refractivity contribution in [3.63, 3.8) is 0 Å². The number of hydrogen-bond donors (Lipinski definition) is 2. The third kappa shape index (κ3) is 1.92. The summed E-state index contributed by atoms with van der Waals surface area (Å²) < 4.78 is 13.1. The maximum Gasteiger partial charge on any atom is 0.124 e. The Balaban J connectivity index is 3.32. The van der Waals surface area contributed by atoms with Gasteiger partial charge in [0.05, 0.1) is 0 Å². The lowest BCUT2D eigenvalue weighted by atomic mass is 10.0. The van der Waals surface area contributed by atoms with Crippen LogP contribution in [0, 0.1) is 18.2 Å². The molecule has 0 unspecified atom stereocenters. The van der Waals surface area contributed by atoms with Crippen LogP contribution in [0.5, 0.6) is 0 Å². The van der Waals surface area contributed by atoms with Crippen LogP contribution in [0.25, 0.3) is 0 Å². The average molecular weight is 194 g/mol. The van der Waals surface area contributed by atoms with E-state index in [2.05, 4.69) is 5.32 Å². The Labute approximate surface area is 83.7 Å². The number of halogens is 1. The van der Waals surface area contributed by atoms with Gasteiger partial charge in [0, 0.05) is 24.0 Å². The molecule has 14 heavy (non-hydrogen) atoms. The lowest BCUT2D eigenvalue weighted by molar-refractivity contribution is 0.626. The minimum atomic E-state index is -0.283. The second-order valence-electron chi connectivity index (χ2n) is 3.23. The second kappa shape index (κ2) is 4.22. The molecule has 0 bridgehead atoms. The summed E-state index contributed by atoms with van der Waals surface area (Å²) in [5, 5.41) is 10.7. The molecule has 2 N–H and O–H groups in total. The van der Waals surface area contributed by atoms with Gasteiger partial charge in [0.1, 0.15) is 5.82 Å². The molecular weight excluding hydrogens is 179 g/mol. The summed E-state index contributed by atoms with van der Waals surface area (Å²) in [6, 6.07) is 2.88. The number of anilines is 1. The number of nitrogens with one attached hydrogen (secondary N) is 2. The van der Waals surface area contributed by atoms with Gasteiger partial charge in [-0.3, -0.25) is 0 Å². The van der Waals surface area contributed by atoms with Crippen molar-refractivity contribution in [3.05, 3.63) is 29.1 Å². The highest BCUT2D eigenvalue weighted by Crippen LogP contribution is 2.23. The molecule has 76 valence electrons. The Bertz CT molecular complexity index is 359. The summed E-state index contributed by atoms with van der Waals surface area (Å²) in [5.41, 5.74) is 2.79. The number of rotatable bonds is 3. The topological polar surface area (TPSA) is 35.9 Å². The van der Waals surface area contributed by atoms with Gasteiger partial charge in [-0.05, 0) is 31.0 Å². The van der Waals surface area contributed by atoms with Gasteiger partial charge in [0.15, 0.2) is 0 Å². The fraction of sp³-hybridized carbons (Fsp3) is 0.364. The van der Waals surface area contributed by atoms with Gasteiger partial charge >= 0.3 is 0 Å². The van der Waals surface area contributed by atoms with Crippen LogP contribution in [0.2, 0.25) is 0 Å². The highest BCUT2D eigenvalue weighted by atomic mass is 19.1. The highest BCUT2D eigenvalue weighted by Gasteiger charge is 2.09. The Kier molecular flexibility index (Phi) is 3.23. The molecule has 0 aliphatic carbocycles. The maximum absolute atomic E-state index is 13.1. The predicted molar refractivity (Wildman–Crippen MR) is 57.8 cm³/mol. The Hall–Kier alpha value is -1.38. The van der Waals surface area contributed by atoms with Crippen molar-refractivity contribution in [3.8, 4) is 0 Å². The van der Waals surface area contributed by atoms with E-state index in [1.807, 2.05) is 13.8 Å². The van der Waals surface area contributed by atoms with E-state index < -0.39 is 0 Å². The van der Waals surface area contributed by atoms with Crippen molar-refractivity contribution in [1.29, 1.82) is 5.41 Å². The van der Waals surface area contributed by atoms with E-state index >= 15 is 0 Å². The van der Waals surface area contributed by atoms with E-state index in [1.165, 1.54) is 12.1 Å². The summed E-state index contributed by atoms with van der Waals surface area (Å²) in [4.78, 5) is 0. The first-order valence-corrected chi connectivity index (χ1v) is 4.65. The van der Waals surface area contributed by atoms with E-state index in [0.29, 0.717) is 17.7 Å². The van der Waals surface area contributed by atoms with Crippen molar-refractivity contribution in [1.82, 2.24) is 0 Å². The molecule has 0 heterocycles. The van der Waals surface area contributed by atoms with Gasteiger partial charge in [-0.2, -0.15) is 0 Å². The molecule has 1 rings (SSSR count). The first kappa shape index (κ1) is 10.7. The number of benzene rings is 1. The Morgan fingerprint density at radius 3 is 2.64 bits per heavy atom. The van der Waals surface area contributed by atoms with E-state index in [9.17, 15) is 4.39 Å². The van der Waals surface area contributed by atoms with Gasteiger partial charge in [0.25, 0.3) is 0 Å². The second-order valence-corrected chi connectivity index (χ2v) is 3.23. The van der Waals surface area contributed by atoms with Crippen LogP contribution in [-0.2, 0) is 0 Å². The normalized spacial score (nSPS) is 10.0.